The monoisotopic (exact) mass is 178 g/mol. The molecule has 2 N–H and O–H groups in total. The molecule has 0 saturated heterocycles. The molecule has 0 unspecified atom stereocenters. The first kappa shape index (κ1) is 8.41. The molecule has 1 aliphatic rings. The highest BCUT2D eigenvalue weighted by molar-refractivity contribution is 5.18. The quantitative estimate of drug-likeness (QED) is 0.741. The number of anilines is 1. The van der Waals surface area contributed by atoms with Gasteiger partial charge in [0.15, 0.2) is 0 Å². The van der Waals surface area contributed by atoms with Crippen molar-refractivity contribution in [3.8, 4) is 0 Å². The van der Waals surface area contributed by atoms with E-state index in [0.29, 0.717) is 11.9 Å². The van der Waals surface area contributed by atoms with Crippen molar-refractivity contribution in [2.75, 3.05) is 5.73 Å². The van der Waals surface area contributed by atoms with Gasteiger partial charge in [-0.1, -0.05) is 13.3 Å². The van der Waals surface area contributed by atoms with E-state index in [0.717, 1.165) is 18.1 Å². The first-order valence-corrected chi connectivity index (χ1v) is 4.80. The highest BCUT2D eigenvalue weighted by Gasteiger charge is 2.23. The van der Waals surface area contributed by atoms with Gasteiger partial charge in [0, 0.05) is 12.3 Å². The summed E-state index contributed by atoms with van der Waals surface area (Å²) < 4.78 is 0. The third-order valence-electron chi connectivity index (χ3n) is 2.50. The maximum absolute atomic E-state index is 5.59. The summed E-state index contributed by atoms with van der Waals surface area (Å²) in [5, 5.41) is 0. The summed E-state index contributed by atoms with van der Waals surface area (Å²) >= 11 is 0. The van der Waals surface area contributed by atoms with E-state index >= 15 is 0 Å². The predicted molar refractivity (Wildman–Crippen MR) is 50.2 cm³/mol. The van der Waals surface area contributed by atoms with Gasteiger partial charge in [-0.05, 0) is 12.8 Å². The molecule has 70 valence electrons. The minimum atomic E-state index is 0.369. The van der Waals surface area contributed by atoms with Crippen molar-refractivity contribution in [2.24, 2.45) is 0 Å². The van der Waals surface area contributed by atoms with Crippen LogP contribution in [-0.2, 0) is 6.42 Å². The van der Waals surface area contributed by atoms with Crippen molar-refractivity contribution < 1.29 is 0 Å². The SMILES string of the molecule is CCc1nc(N)nc(C2CCC2)n1. The molecular weight excluding hydrogens is 164 g/mol. The Hall–Kier alpha value is -1.19. The third-order valence-corrected chi connectivity index (χ3v) is 2.50. The van der Waals surface area contributed by atoms with Crippen LogP contribution in [0.1, 0.15) is 43.8 Å². The molecule has 0 bridgehead atoms. The van der Waals surface area contributed by atoms with Gasteiger partial charge >= 0.3 is 0 Å². The average molecular weight is 178 g/mol. The normalized spacial score (nSPS) is 17.0. The molecule has 4 nitrogen and oxygen atoms in total. The van der Waals surface area contributed by atoms with E-state index in [2.05, 4.69) is 15.0 Å². The predicted octanol–water partition coefficient (Wildman–Crippen LogP) is 1.28. The summed E-state index contributed by atoms with van der Waals surface area (Å²) in [6, 6.07) is 0. The lowest BCUT2D eigenvalue weighted by Gasteiger charge is -2.23. The lowest BCUT2D eigenvalue weighted by Crippen LogP contribution is -2.15. The van der Waals surface area contributed by atoms with Crippen LogP contribution in [0.15, 0.2) is 0 Å². The molecule has 1 saturated carbocycles. The molecule has 0 amide bonds. The zero-order valence-electron chi connectivity index (χ0n) is 7.82. The number of nitrogens with two attached hydrogens (primary N) is 1. The van der Waals surface area contributed by atoms with Gasteiger partial charge in [-0.15, -0.1) is 0 Å². The van der Waals surface area contributed by atoms with Gasteiger partial charge in [-0.2, -0.15) is 9.97 Å². The van der Waals surface area contributed by atoms with E-state index in [9.17, 15) is 0 Å². The van der Waals surface area contributed by atoms with E-state index < -0.39 is 0 Å². The van der Waals surface area contributed by atoms with Crippen molar-refractivity contribution in [1.29, 1.82) is 0 Å². The lowest BCUT2D eigenvalue weighted by atomic mass is 9.85. The molecule has 13 heavy (non-hydrogen) atoms. The van der Waals surface area contributed by atoms with Crippen molar-refractivity contribution in [3.05, 3.63) is 11.6 Å². The van der Waals surface area contributed by atoms with Gasteiger partial charge in [0.05, 0.1) is 0 Å². The van der Waals surface area contributed by atoms with Gasteiger partial charge in [0.1, 0.15) is 11.6 Å². The first-order valence-electron chi connectivity index (χ1n) is 4.80. The van der Waals surface area contributed by atoms with Gasteiger partial charge < -0.3 is 5.73 Å². The van der Waals surface area contributed by atoms with E-state index in [1.807, 2.05) is 6.92 Å². The van der Waals surface area contributed by atoms with Crippen LogP contribution < -0.4 is 5.73 Å². The Morgan fingerprint density at radius 1 is 1.31 bits per heavy atom. The number of hydrogen-bond acceptors (Lipinski definition) is 4. The Balaban J connectivity index is 2.28. The molecule has 1 heterocycles. The number of aryl methyl sites for hydroxylation is 1. The van der Waals surface area contributed by atoms with Gasteiger partial charge in [0.25, 0.3) is 0 Å². The summed E-state index contributed by atoms with van der Waals surface area (Å²) in [5.74, 6) is 2.62. The van der Waals surface area contributed by atoms with Crippen LogP contribution in [-0.4, -0.2) is 15.0 Å². The van der Waals surface area contributed by atoms with Crippen LogP contribution in [0.5, 0.6) is 0 Å². The zero-order chi connectivity index (χ0) is 9.26. The van der Waals surface area contributed by atoms with Gasteiger partial charge in [-0.3, -0.25) is 0 Å². The fourth-order valence-electron chi connectivity index (χ4n) is 1.46. The molecule has 1 aliphatic carbocycles. The minimum Gasteiger partial charge on any atom is -0.368 e. The number of rotatable bonds is 2. The molecule has 0 radical (unpaired) electrons. The summed E-state index contributed by atoms with van der Waals surface area (Å²) in [6.45, 7) is 2.03. The van der Waals surface area contributed by atoms with Crippen molar-refractivity contribution >= 4 is 5.95 Å². The van der Waals surface area contributed by atoms with Crippen LogP contribution in [0, 0.1) is 0 Å². The second-order valence-corrected chi connectivity index (χ2v) is 3.45. The molecular formula is C9H14N4. The summed E-state index contributed by atoms with van der Waals surface area (Å²) in [4.78, 5) is 12.6. The van der Waals surface area contributed by atoms with Crippen molar-refractivity contribution in [2.45, 2.75) is 38.5 Å². The Morgan fingerprint density at radius 3 is 2.62 bits per heavy atom. The standard InChI is InChI=1S/C9H14N4/c1-2-7-11-8(6-4-3-5-6)13-9(10)12-7/h6H,2-5H2,1H3,(H2,10,11,12,13). The Kier molecular flexibility index (Phi) is 2.12. The van der Waals surface area contributed by atoms with Gasteiger partial charge in [-0.25, -0.2) is 4.98 Å². The Morgan fingerprint density at radius 2 is 2.08 bits per heavy atom. The zero-order valence-corrected chi connectivity index (χ0v) is 7.82. The highest BCUT2D eigenvalue weighted by Crippen LogP contribution is 2.34. The van der Waals surface area contributed by atoms with E-state index in [1.54, 1.807) is 0 Å². The number of aromatic nitrogens is 3. The molecule has 0 atom stereocenters. The number of nitrogen functional groups attached to an aromatic ring is 1. The van der Waals surface area contributed by atoms with Gasteiger partial charge in [0.2, 0.25) is 5.95 Å². The molecule has 1 aromatic rings. The second kappa shape index (κ2) is 3.28. The molecule has 4 heteroatoms. The lowest BCUT2D eigenvalue weighted by molar-refractivity contribution is 0.399. The molecule has 0 aromatic carbocycles. The second-order valence-electron chi connectivity index (χ2n) is 3.45. The summed E-state index contributed by atoms with van der Waals surface area (Å²) in [7, 11) is 0. The average Bonchev–Trinajstić information content (AvgIpc) is 2.00. The van der Waals surface area contributed by atoms with E-state index in [1.165, 1.54) is 19.3 Å². The maximum Gasteiger partial charge on any atom is 0.223 e. The first-order chi connectivity index (χ1) is 6.29. The van der Waals surface area contributed by atoms with Crippen LogP contribution >= 0.6 is 0 Å². The summed E-state index contributed by atoms with van der Waals surface area (Å²) in [6.07, 6.45) is 4.52. The fourth-order valence-corrected chi connectivity index (χ4v) is 1.46. The maximum atomic E-state index is 5.59. The topological polar surface area (TPSA) is 64.7 Å². The van der Waals surface area contributed by atoms with Crippen LogP contribution in [0.2, 0.25) is 0 Å². The Labute approximate surface area is 77.6 Å². The van der Waals surface area contributed by atoms with Crippen LogP contribution in [0.3, 0.4) is 0 Å². The largest absolute Gasteiger partial charge is 0.368 e. The third kappa shape index (κ3) is 1.61. The summed E-state index contributed by atoms with van der Waals surface area (Å²) in [5.41, 5.74) is 5.59. The van der Waals surface area contributed by atoms with Crippen molar-refractivity contribution in [1.82, 2.24) is 15.0 Å². The number of nitrogens with zero attached hydrogens (tertiary/aromatic N) is 3. The van der Waals surface area contributed by atoms with Crippen molar-refractivity contribution in [3.63, 3.8) is 0 Å². The smallest absolute Gasteiger partial charge is 0.223 e. The molecule has 0 spiro atoms. The highest BCUT2D eigenvalue weighted by atomic mass is 15.1. The Bertz CT molecular complexity index is 306. The van der Waals surface area contributed by atoms with E-state index in [4.69, 9.17) is 5.73 Å². The van der Waals surface area contributed by atoms with Crippen LogP contribution in [0.4, 0.5) is 5.95 Å². The minimum absolute atomic E-state index is 0.369. The van der Waals surface area contributed by atoms with E-state index in [-0.39, 0.29) is 0 Å². The molecule has 0 aliphatic heterocycles. The molecule has 1 aromatic heterocycles. The molecule has 1 fully saturated rings. The van der Waals surface area contributed by atoms with Crippen LogP contribution in [0.25, 0.3) is 0 Å². The fraction of sp³-hybridized carbons (Fsp3) is 0.667. The molecule has 2 rings (SSSR count). The number of hydrogen-bond donors (Lipinski definition) is 1.